The predicted octanol–water partition coefficient (Wildman–Crippen LogP) is 6.55. The Balaban J connectivity index is 1.54. The highest BCUT2D eigenvalue weighted by Gasteiger charge is 2.56. The van der Waals surface area contributed by atoms with Gasteiger partial charge < -0.3 is 19.3 Å². The minimum Gasteiger partial charge on any atom is -0.440 e. The van der Waals surface area contributed by atoms with Crippen molar-refractivity contribution < 1.29 is 14.3 Å². The zero-order valence-electron chi connectivity index (χ0n) is 22.9. The van der Waals surface area contributed by atoms with Crippen molar-refractivity contribution in [1.29, 1.82) is 0 Å². The lowest BCUT2D eigenvalue weighted by Gasteiger charge is -2.38. The summed E-state index contributed by atoms with van der Waals surface area (Å²) < 4.78 is 13.2. The van der Waals surface area contributed by atoms with Gasteiger partial charge in [0.2, 0.25) is 11.8 Å². The maximum Gasteiger partial charge on any atom is 0.340 e. The van der Waals surface area contributed by atoms with Crippen LogP contribution in [0.15, 0.2) is 72.8 Å². The predicted molar refractivity (Wildman–Crippen MR) is 155 cm³/mol. The number of rotatable bonds is 5. The molecule has 3 aromatic carbocycles. The van der Waals surface area contributed by atoms with Crippen molar-refractivity contribution in [2.45, 2.75) is 38.7 Å². The molecule has 7 heteroatoms. The number of hydrogen-bond donors (Lipinski definition) is 0. The van der Waals surface area contributed by atoms with E-state index < -0.39 is 5.60 Å². The van der Waals surface area contributed by atoms with E-state index in [4.69, 9.17) is 19.4 Å². The summed E-state index contributed by atoms with van der Waals surface area (Å²) in [5, 5.41) is 0. The molecule has 7 nitrogen and oxygen atoms in total. The lowest BCUT2D eigenvalue weighted by atomic mass is 9.77. The first-order chi connectivity index (χ1) is 19.6. The van der Waals surface area contributed by atoms with Crippen molar-refractivity contribution in [3.63, 3.8) is 0 Å². The number of esters is 1. The van der Waals surface area contributed by atoms with Gasteiger partial charge in [-0.3, -0.25) is 0 Å². The maximum atomic E-state index is 13.5. The Hall–Kier alpha value is -4.39. The summed E-state index contributed by atoms with van der Waals surface area (Å²) in [6, 6.07) is 23.9. The number of nitrogens with zero attached hydrogens (tertiary/aromatic N) is 4. The van der Waals surface area contributed by atoms with Gasteiger partial charge in [-0.15, -0.1) is 0 Å². The number of piperidine rings is 1. The fraction of sp³-hybridized carbons (Fsp3) is 0.303. The third-order valence-corrected chi connectivity index (χ3v) is 8.35. The lowest BCUT2D eigenvalue weighted by molar-refractivity contribution is 0.0222. The van der Waals surface area contributed by atoms with E-state index in [9.17, 15) is 4.79 Å². The first-order valence-corrected chi connectivity index (χ1v) is 14.3. The quantitative estimate of drug-likeness (QED) is 0.270. The fourth-order valence-corrected chi connectivity index (χ4v) is 6.37. The van der Waals surface area contributed by atoms with Gasteiger partial charge >= 0.3 is 5.97 Å². The number of hydrogen-bond acceptors (Lipinski definition) is 7. The fourth-order valence-electron chi connectivity index (χ4n) is 6.37. The lowest BCUT2D eigenvalue weighted by Crippen LogP contribution is -2.36. The molecule has 0 bridgehead atoms. The van der Waals surface area contributed by atoms with Crippen molar-refractivity contribution in [3.8, 4) is 22.9 Å². The van der Waals surface area contributed by atoms with Crippen LogP contribution < -0.4 is 14.5 Å². The van der Waals surface area contributed by atoms with E-state index >= 15 is 0 Å². The zero-order valence-corrected chi connectivity index (χ0v) is 22.9. The summed E-state index contributed by atoms with van der Waals surface area (Å²) in [6.45, 7) is 7.82. The van der Waals surface area contributed by atoms with Crippen molar-refractivity contribution in [2.24, 2.45) is 0 Å². The first kappa shape index (κ1) is 24.6. The number of anilines is 2. The Kier molecular flexibility index (Phi) is 5.95. The summed E-state index contributed by atoms with van der Waals surface area (Å²) in [7, 11) is 0. The third-order valence-electron chi connectivity index (χ3n) is 8.35. The van der Waals surface area contributed by atoms with Gasteiger partial charge in [-0.2, -0.15) is 4.98 Å². The molecule has 0 N–H and O–H groups in total. The Morgan fingerprint density at radius 1 is 0.875 bits per heavy atom. The molecule has 1 saturated heterocycles. The molecule has 202 valence electrons. The maximum absolute atomic E-state index is 13.5. The van der Waals surface area contributed by atoms with Gasteiger partial charge in [-0.25, -0.2) is 9.78 Å². The minimum atomic E-state index is -1.23. The molecule has 0 radical (unpaired) electrons. The summed E-state index contributed by atoms with van der Waals surface area (Å²) in [6.07, 6.45) is 3.42. The minimum absolute atomic E-state index is 0.360. The molecule has 1 spiro atoms. The van der Waals surface area contributed by atoms with Gasteiger partial charge in [0, 0.05) is 54.6 Å². The number of ether oxygens (including phenoxy) is 2. The normalized spacial score (nSPS) is 18.9. The molecule has 1 aromatic heterocycles. The molecule has 0 saturated carbocycles. The van der Waals surface area contributed by atoms with Gasteiger partial charge in [0.25, 0.3) is 0 Å². The molecule has 40 heavy (non-hydrogen) atoms. The van der Waals surface area contributed by atoms with Gasteiger partial charge in [-0.05, 0) is 51.3 Å². The van der Waals surface area contributed by atoms with Crippen LogP contribution >= 0.6 is 0 Å². The molecule has 3 aliphatic rings. The summed E-state index contributed by atoms with van der Waals surface area (Å²) in [5.74, 6) is 1.36. The van der Waals surface area contributed by atoms with Crippen LogP contribution in [0.5, 0.6) is 11.6 Å². The van der Waals surface area contributed by atoms with E-state index in [1.54, 1.807) is 0 Å². The average Bonchev–Trinajstić information content (AvgIpc) is 3.30. The SMILES string of the molecule is CCN(CC)c1ccc2c(c1)Oc1nc(N3CCCCC3)nc(-c3ccccc3)c1C21OC(=O)c2ccccc21. The topological polar surface area (TPSA) is 67.8 Å². The highest BCUT2D eigenvalue weighted by molar-refractivity contribution is 5.97. The molecule has 1 atom stereocenters. The molecule has 4 heterocycles. The first-order valence-electron chi connectivity index (χ1n) is 14.3. The Bertz CT molecular complexity index is 1600. The Morgan fingerprint density at radius 3 is 2.40 bits per heavy atom. The van der Waals surface area contributed by atoms with Crippen molar-refractivity contribution in [3.05, 3.63) is 95.1 Å². The van der Waals surface area contributed by atoms with E-state index in [-0.39, 0.29) is 5.97 Å². The zero-order chi connectivity index (χ0) is 27.3. The Labute approximate surface area is 234 Å². The van der Waals surface area contributed by atoms with Gasteiger partial charge in [-0.1, -0.05) is 48.5 Å². The second-order valence-electron chi connectivity index (χ2n) is 10.5. The number of aromatic nitrogens is 2. The molecule has 4 aromatic rings. The van der Waals surface area contributed by atoms with Crippen LogP contribution in [0.4, 0.5) is 11.6 Å². The average molecular weight is 533 g/mol. The second-order valence-corrected chi connectivity index (χ2v) is 10.5. The van der Waals surface area contributed by atoms with Crippen LogP contribution in [0.2, 0.25) is 0 Å². The molecular formula is C33H32N4O3. The number of benzene rings is 3. The highest BCUT2D eigenvalue weighted by Crippen LogP contribution is 2.58. The highest BCUT2D eigenvalue weighted by atomic mass is 16.6. The van der Waals surface area contributed by atoms with E-state index in [1.807, 2.05) is 66.7 Å². The smallest absolute Gasteiger partial charge is 0.340 e. The van der Waals surface area contributed by atoms with Crippen LogP contribution in [-0.2, 0) is 10.3 Å². The van der Waals surface area contributed by atoms with E-state index in [0.717, 1.165) is 61.4 Å². The summed E-state index contributed by atoms with van der Waals surface area (Å²) in [5.41, 5.74) is 4.24. The van der Waals surface area contributed by atoms with Crippen LogP contribution in [0.3, 0.4) is 0 Å². The van der Waals surface area contributed by atoms with E-state index in [1.165, 1.54) is 6.42 Å². The third kappa shape index (κ3) is 3.68. The van der Waals surface area contributed by atoms with Gasteiger partial charge in [0.15, 0.2) is 5.60 Å². The van der Waals surface area contributed by atoms with E-state index in [2.05, 4.69) is 29.7 Å². The number of fused-ring (bicyclic) bond motifs is 6. The van der Waals surface area contributed by atoms with Gasteiger partial charge in [0.1, 0.15) is 5.75 Å². The molecular weight excluding hydrogens is 500 g/mol. The van der Waals surface area contributed by atoms with E-state index in [0.29, 0.717) is 34.4 Å². The number of carbonyl (C=O) groups is 1. The van der Waals surface area contributed by atoms with Crippen LogP contribution in [0, 0.1) is 0 Å². The van der Waals surface area contributed by atoms with Crippen LogP contribution in [0.25, 0.3) is 11.3 Å². The van der Waals surface area contributed by atoms with Crippen LogP contribution in [-0.4, -0.2) is 42.1 Å². The molecule has 1 fully saturated rings. The molecule has 0 amide bonds. The standard InChI is InChI=1S/C33H32N4O3/c1-3-36(4-2)23-17-18-26-27(21-23)39-30-28(33(26)25-16-10-9-15-24(25)31(38)40-33)29(22-13-7-5-8-14-22)34-32(35-30)37-19-11-6-12-20-37/h5,7-10,13-18,21H,3-4,6,11-12,19-20H2,1-2H3. The van der Waals surface area contributed by atoms with Crippen molar-refractivity contribution in [2.75, 3.05) is 36.0 Å². The molecule has 0 aliphatic carbocycles. The summed E-state index contributed by atoms with van der Waals surface area (Å²) in [4.78, 5) is 28.2. The Morgan fingerprint density at radius 2 is 1.62 bits per heavy atom. The van der Waals surface area contributed by atoms with Crippen molar-refractivity contribution in [1.82, 2.24) is 9.97 Å². The molecule has 7 rings (SSSR count). The van der Waals surface area contributed by atoms with Gasteiger partial charge in [0.05, 0.1) is 16.8 Å². The van der Waals surface area contributed by atoms with Crippen LogP contribution in [0.1, 0.15) is 60.2 Å². The molecule has 3 aliphatic heterocycles. The molecule has 1 unspecified atom stereocenters. The summed E-state index contributed by atoms with van der Waals surface area (Å²) >= 11 is 0. The second kappa shape index (κ2) is 9.66. The monoisotopic (exact) mass is 532 g/mol. The largest absolute Gasteiger partial charge is 0.440 e. The number of carbonyl (C=O) groups excluding carboxylic acids is 1. The van der Waals surface area contributed by atoms with Crippen molar-refractivity contribution >= 4 is 17.6 Å².